The standard InChI is InChI=1S/C12H16N2O4/c1-7(2)6-9(12(17)18)14-10-5-3-4-8(13-10)11(15)16/h3-5,7,9H,6H2,1-2H3,(H,13,14)(H,15,16)(H,17,18)/t9-/m0/s1. The minimum Gasteiger partial charge on any atom is -0.480 e. The number of pyridine rings is 1. The van der Waals surface area contributed by atoms with E-state index in [4.69, 9.17) is 10.2 Å². The summed E-state index contributed by atoms with van der Waals surface area (Å²) in [6, 6.07) is 3.64. The molecule has 0 saturated heterocycles. The van der Waals surface area contributed by atoms with E-state index in [0.29, 0.717) is 6.42 Å². The van der Waals surface area contributed by atoms with Gasteiger partial charge in [0.1, 0.15) is 11.9 Å². The number of rotatable bonds is 6. The fourth-order valence-electron chi connectivity index (χ4n) is 1.51. The van der Waals surface area contributed by atoms with E-state index in [2.05, 4.69) is 10.3 Å². The number of aromatic nitrogens is 1. The van der Waals surface area contributed by atoms with E-state index < -0.39 is 18.0 Å². The Morgan fingerprint density at radius 1 is 1.33 bits per heavy atom. The van der Waals surface area contributed by atoms with Crippen LogP contribution in [-0.2, 0) is 4.79 Å². The molecule has 0 saturated carbocycles. The molecule has 0 unspecified atom stereocenters. The Kier molecular flexibility index (Phi) is 4.65. The van der Waals surface area contributed by atoms with E-state index in [1.54, 1.807) is 6.07 Å². The summed E-state index contributed by atoms with van der Waals surface area (Å²) < 4.78 is 0. The predicted molar refractivity (Wildman–Crippen MR) is 65.7 cm³/mol. The van der Waals surface area contributed by atoms with Crippen molar-refractivity contribution >= 4 is 17.8 Å². The molecule has 0 aliphatic carbocycles. The number of aliphatic carboxylic acids is 1. The van der Waals surface area contributed by atoms with Crippen molar-refractivity contribution in [2.75, 3.05) is 5.32 Å². The van der Waals surface area contributed by atoms with Crippen LogP contribution < -0.4 is 5.32 Å². The zero-order valence-corrected chi connectivity index (χ0v) is 10.3. The quantitative estimate of drug-likeness (QED) is 0.712. The van der Waals surface area contributed by atoms with Crippen LogP contribution in [0.5, 0.6) is 0 Å². The van der Waals surface area contributed by atoms with Gasteiger partial charge in [-0.05, 0) is 24.5 Å². The zero-order chi connectivity index (χ0) is 13.7. The summed E-state index contributed by atoms with van der Waals surface area (Å²) in [5.41, 5.74) is -0.117. The maximum Gasteiger partial charge on any atom is 0.354 e. The van der Waals surface area contributed by atoms with Crippen LogP contribution in [0.2, 0.25) is 0 Å². The van der Waals surface area contributed by atoms with Gasteiger partial charge < -0.3 is 15.5 Å². The van der Waals surface area contributed by atoms with Gasteiger partial charge in [-0.2, -0.15) is 0 Å². The number of carboxylic acids is 2. The molecule has 0 amide bonds. The number of hydrogen-bond acceptors (Lipinski definition) is 4. The Balaban J connectivity index is 2.83. The Morgan fingerprint density at radius 2 is 2.00 bits per heavy atom. The minimum atomic E-state index is -1.14. The van der Waals surface area contributed by atoms with Crippen molar-refractivity contribution in [2.24, 2.45) is 5.92 Å². The van der Waals surface area contributed by atoms with Gasteiger partial charge in [0.15, 0.2) is 5.69 Å². The first kappa shape index (κ1) is 14.0. The van der Waals surface area contributed by atoms with E-state index in [1.807, 2.05) is 13.8 Å². The van der Waals surface area contributed by atoms with Crippen LogP contribution in [0.1, 0.15) is 30.8 Å². The maximum absolute atomic E-state index is 11.1. The molecular weight excluding hydrogens is 236 g/mol. The van der Waals surface area contributed by atoms with Crippen LogP contribution in [-0.4, -0.2) is 33.2 Å². The molecule has 0 radical (unpaired) electrons. The monoisotopic (exact) mass is 252 g/mol. The van der Waals surface area contributed by atoms with Crippen LogP contribution in [0.3, 0.4) is 0 Å². The van der Waals surface area contributed by atoms with E-state index in [0.717, 1.165) is 0 Å². The average Bonchev–Trinajstić information content (AvgIpc) is 2.27. The summed E-state index contributed by atoms with van der Waals surface area (Å²) in [6.07, 6.45) is 0.439. The van der Waals surface area contributed by atoms with E-state index in [1.165, 1.54) is 12.1 Å². The number of nitrogens with one attached hydrogen (secondary N) is 1. The zero-order valence-electron chi connectivity index (χ0n) is 10.3. The number of hydrogen-bond donors (Lipinski definition) is 3. The molecule has 3 N–H and O–H groups in total. The van der Waals surface area contributed by atoms with Crippen LogP contribution in [0.15, 0.2) is 18.2 Å². The second-order valence-electron chi connectivity index (χ2n) is 4.38. The van der Waals surface area contributed by atoms with Gasteiger partial charge in [0.25, 0.3) is 0 Å². The summed E-state index contributed by atoms with van der Waals surface area (Å²) in [4.78, 5) is 25.6. The summed E-state index contributed by atoms with van der Waals surface area (Å²) in [6.45, 7) is 3.83. The normalized spacial score (nSPS) is 12.2. The molecule has 1 heterocycles. The molecular formula is C12H16N2O4. The Hall–Kier alpha value is -2.11. The first-order valence-electron chi connectivity index (χ1n) is 5.60. The first-order chi connectivity index (χ1) is 8.40. The van der Waals surface area contributed by atoms with Crippen molar-refractivity contribution in [3.05, 3.63) is 23.9 Å². The highest BCUT2D eigenvalue weighted by molar-refractivity contribution is 5.86. The van der Waals surface area contributed by atoms with Crippen molar-refractivity contribution in [3.8, 4) is 0 Å². The third-order valence-electron chi connectivity index (χ3n) is 2.30. The van der Waals surface area contributed by atoms with Crippen molar-refractivity contribution in [2.45, 2.75) is 26.3 Å². The molecule has 0 bridgehead atoms. The molecule has 6 heteroatoms. The van der Waals surface area contributed by atoms with Crippen molar-refractivity contribution in [3.63, 3.8) is 0 Å². The lowest BCUT2D eigenvalue weighted by atomic mass is 10.0. The molecule has 0 aliphatic heterocycles. The van der Waals surface area contributed by atoms with Gasteiger partial charge in [-0.1, -0.05) is 19.9 Å². The summed E-state index contributed by atoms with van der Waals surface area (Å²) in [7, 11) is 0. The van der Waals surface area contributed by atoms with Gasteiger partial charge in [-0.3, -0.25) is 0 Å². The number of nitrogens with zero attached hydrogens (tertiary/aromatic N) is 1. The summed E-state index contributed by atoms with van der Waals surface area (Å²) >= 11 is 0. The summed E-state index contributed by atoms with van der Waals surface area (Å²) in [5.74, 6) is -1.66. The fraction of sp³-hybridized carbons (Fsp3) is 0.417. The Morgan fingerprint density at radius 3 is 2.50 bits per heavy atom. The van der Waals surface area contributed by atoms with Gasteiger partial charge in [0.2, 0.25) is 0 Å². The number of aromatic carboxylic acids is 1. The van der Waals surface area contributed by atoms with Crippen LogP contribution >= 0.6 is 0 Å². The number of carboxylic acid groups (broad SMARTS) is 2. The molecule has 0 aromatic carbocycles. The second-order valence-corrected chi connectivity index (χ2v) is 4.38. The average molecular weight is 252 g/mol. The van der Waals surface area contributed by atoms with E-state index in [-0.39, 0.29) is 17.4 Å². The van der Waals surface area contributed by atoms with Gasteiger partial charge >= 0.3 is 11.9 Å². The van der Waals surface area contributed by atoms with Crippen molar-refractivity contribution in [1.82, 2.24) is 4.98 Å². The summed E-state index contributed by atoms with van der Waals surface area (Å²) in [5, 5.41) is 20.6. The van der Waals surface area contributed by atoms with Crippen LogP contribution in [0, 0.1) is 5.92 Å². The molecule has 18 heavy (non-hydrogen) atoms. The van der Waals surface area contributed by atoms with Crippen molar-refractivity contribution in [1.29, 1.82) is 0 Å². The molecule has 1 rings (SSSR count). The van der Waals surface area contributed by atoms with Crippen LogP contribution in [0.25, 0.3) is 0 Å². The highest BCUT2D eigenvalue weighted by Gasteiger charge is 2.19. The predicted octanol–water partition coefficient (Wildman–Crippen LogP) is 1.69. The maximum atomic E-state index is 11.1. The molecule has 1 aromatic rings. The van der Waals surface area contributed by atoms with E-state index in [9.17, 15) is 9.59 Å². The van der Waals surface area contributed by atoms with E-state index >= 15 is 0 Å². The molecule has 98 valence electrons. The lowest BCUT2D eigenvalue weighted by Gasteiger charge is -2.17. The Labute approximate surface area is 105 Å². The minimum absolute atomic E-state index is 0.117. The molecule has 0 aliphatic rings. The fourth-order valence-corrected chi connectivity index (χ4v) is 1.51. The molecule has 0 fully saturated rings. The van der Waals surface area contributed by atoms with Gasteiger partial charge in [0.05, 0.1) is 0 Å². The number of carbonyl (C=O) groups is 2. The van der Waals surface area contributed by atoms with Gasteiger partial charge in [-0.15, -0.1) is 0 Å². The topological polar surface area (TPSA) is 99.5 Å². The lowest BCUT2D eigenvalue weighted by molar-refractivity contribution is -0.138. The third kappa shape index (κ3) is 4.04. The molecule has 6 nitrogen and oxygen atoms in total. The van der Waals surface area contributed by atoms with Crippen molar-refractivity contribution < 1.29 is 19.8 Å². The smallest absolute Gasteiger partial charge is 0.354 e. The Bertz CT molecular complexity index is 445. The third-order valence-corrected chi connectivity index (χ3v) is 2.30. The largest absolute Gasteiger partial charge is 0.480 e. The first-order valence-corrected chi connectivity index (χ1v) is 5.60. The lowest BCUT2D eigenvalue weighted by Crippen LogP contribution is -2.31. The number of anilines is 1. The highest BCUT2D eigenvalue weighted by Crippen LogP contribution is 2.12. The van der Waals surface area contributed by atoms with Crippen LogP contribution in [0.4, 0.5) is 5.82 Å². The SMILES string of the molecule is CC(C)C[C@H](Nc1cccc(C(=O)O)n1)C(=O)O. The molecule has 0 spiro atoms. The van der Waals surface area contributed by atoms with Gasteiger partial charge in [-0.25, -0.2) is 14.6 Å². The highest BCUT2D eigenvalue weighted by atomic mass is 16.4. The molecule has 1 atom stereocenters. The second kappa shape index (κ2) is 6.00. The molecule has 1 aromatic heterocycles. The van der Waals surface area contributed by atoms with Gasteiger partial charge in [0, 0.05) is 0 Å².